The summed E-state index contributed by atoms with van der Waals surface area (Å²) in [5.41, 5.74) is -2.26. The molecule has 2 heterocycles. The largest absolute Gasteiger partial charge is 0.478 e. The number of benzene rings is 1. The Hall–Kier alpha value is -3.45. The van der Waals surface area contributed by atoms with Gasteiger partial charge in [0.2, 0.25) is 15.7 Å². The number of carboxylic acid groups (broad SMARTS) is 1. The molecule has 5 N–H and O–H groups in total. The summed E-state index contributed by atoms with van der Waals surface area (Å²) in [6.07, 6.45) is 4.91. The van der Waals surface area contributed by atoms with E-state index in [1.165, 1.54) is 24.3 Å². The minimum atomic E-state index is -4.25. The number of carboxylic acids is 1. The van der Waals surface area contributed by atoms with E-state index in [9.17, 15) is 23.1 Å². The van der Waals surface area contributed by atoms with Crippen molar-refractivity contribution in [2.45, 2.75) is 42.7 Å². The summed E-state index contributed by atoms with van der Waals surface area (Å²) < 4.78 is 28.0. The summed E-state index contributed by atoms with van der Waals surface area (Å²) in [6.45, 7) is 0.783. The number of rotatable bonds is 13. The highest BCUT2D eigenvalue weighted by atomic mass is 32.2. The van der Waals surface area contributed by atoms with Gasteiger partial charge in [-0.15, -0.1) is 0 Å². The number of nitrogens with one attached hydrogen (secondary N) is 4. The predicted molar refractivity (Wildman–Crippen MR) is 119 cm³/mol. The first-order valence-electron chi connectivity index (χ1n) is 10.4. The van der Waals surface area contributed by atoms with Gasteiger partial charge in [-0.25, -0.2) is 18.2 Å². The molecule has 13 heteroatoms. The minimum Gasteiger partial charge on any atom is -0.478 e. The lowest BCUT2D eigenvalue weighted by molar-refractivity contribution is -0.148. The fourth-order valence-corrected chi connectivity index (χ4v) is 4.56. The number of oxime groups is 1. The zero-order chi connectivity index (χ0) is 23.7. The number of sulfonamides is 1. The third kappa shape index (κ3) is 6.52. The molecule has 0 saturated carbocycles. The van der Waals surface area contributed by atoms with E-state index in [-0.39, 0.29) is 30.1 Å². The van der Waals surface area contributed by atoms with Crippen molar-refractivity contribution in [2.24, 2.45) is 5.16 Å². The second-order valence-corrected chi connectivity index (χ2v) is 9.06. The number of imidazole rings is 1. The first-order chi connectivity index (χ1) is 15.8. The number of nitrogens with zero attached hydrogens (tertiary/aromatic N) is 2. The zero-order valence-electron chi connectivity index (χ0n) is 17.8. The molecule has 0 spiro atoms. The lowest BCUT2D eigenvalue weighted by Crippen LogP contribution is -2.66. The van der Waals surface area contributed by atoms with Crippen molar-refractivity contribution in [1.29, 1.82) is 0 Å². The van der Waals surface area contributed by atoms with Gasteiger partial charge in [-0.1, -0.05) is 29.8 Å². The summed E-state index contributed by atoms with van der Waals surface area (Å²) in [5, 5.41) is 19.0. The number of aromatic amines is 1. The van der Waals surface area contributed by atoms with Gasteiger partial charge in [0.15, 0.2) is 5.95 Å². The summed E-state index contributed by atoms with van der Waals surface area (Å²) in [7, 11) is -4.25. The van der Waals surface area contributed by atoms with Crippen LogP contribution in [0.1, 0.15) is 32.1 Å². The number of carbonyl (C=O) groups excluding carboxylic acids is 1. The van der Waals surface area contributed by atoms with Crippen molar-refractivity contribution < 1.29 is 28.0 Å². The van der Waals surface area contributed by atoms with E-state index in [4.69, 9.17) is 4.84 Å². The van der Waals surface area contributed by atoms with Crippen molar-refractivity contribution in [1.82, 2.24) is 20.0 Å². The quantitative estimate of drug-likeness (QED) is 0.209. The minimum absolute atomic E-state index is 0.00202. The van der Waals surface area contributed by atoms with E-state index < -0.39 is 27.6 Å². The molecule has 1 unspecified atom stereocenters. The molecule has 33 heavy (non-hydrogen) atoms. The Morgan fingerprint density at radius 3 is 2.61 bits per heavy atom. The van der Waals surface area contributed by atoms with Crippen LogP contribution in [0.3, 0.4) is 0 Å². The van der Waals surface area contributed by atoms with E-state index in [2.05, 4.69) is 30.5 Å². The van der Waals surface area contributed by atoms with Gasteiger partial charge in [0.25, 0.3) is 5.91 Å². The van der Waals surface area contributed by atoms with E-state index in [1.54, 1.807) is 18.5 Å². The molecule has 1 amide bonds. The van der Waals surface area contributed by atoms with Crippen LogP contribution >= 0.6 is 0 Å². The first kappa shape index (κ1) is 24.2. The SMILES string of the molecule is O=C(NC(CCCCCNc1ncc[nH]1)(NS(=O)(=O)c1ccccc1)C(=O)O)C1=NOCC1. The normalized spacial score (nSPS) is 15.2. The summed E-state index contributed by atoms with van der Waals surface area (Å²) >= 11 is 0. The van der Waals surface area contributed by atoms with Gasteiger partial charge in [0.1, 0.15) is 12.3 Å². The van der Waals surface area contributed by atoms with Crippen LogP contribution in [0.25, 0.3) is 0 Å². The van der Waals surface area contributed by atoms with Gasteiger partial charge in [0.05, 0.1) is 4.90 Å². The molecule has 0 radical (unpaired) electrons. The maximum atomic E-state index is 12.9. The highest BCUT2D eigenvalue weighted by Gasteiger charge is 2.44. The molecule has 2 aromatic rings. The number of amides is 1. The van der Waals surface area contributed by atoms with Gasteiger partial charge in [-0.3, -0.25) is 4.79 Å². The van der Waals surface area contributed by atoms with Crippen LogP contribution in [0.2, 0.25) is 0 Å². The number of hydrogen-bond donors (Lipinski definition) is 5. The van der Waals surface area contributed by atoms with Crippen LogP contribution in [-0.2, 0) is 24.4 Å². The Morgan fingerprint density at radius 2 is 1.97 bits per heavy atom. The highest BCUT2D eigenvalue weighted by Crippen LogP contribution is 2.19. The molecule has 1 aliphatic heterocycles. The lowest BCUT2D eigenvalue weighted by atomic mass is 10.0. The fraction of sp³-hybridized carbons (Fsp3) is 0.400. The molecule has 1 aliphatic rings. The summed E-state index contributed by atoms with van der Waals surface area (Å²) in [4.78, 5) is 36.6. The average Bonchev–Trinajstić information content (AvgIpc) is 3.50. The Labute approximate surface area is 190 Å². The molecule has 0 aliphatic carbocycles. The second-order valence-electron chi connectivity index (χ2n) is 7.38. The Kier molecular flexibility index (Phi) is 8.01. The number of aliphatic carboxylic acids is 1. The van der Waals surface area contributed by atoms with Crippen molar-refractivity contribution in [2.75, 3.05) is 18.5 Å². The molecule has 1 aromatic heterocycles. The zero-order valence-corrected chi connectivity index (χ0v) is 18.6. The monoisotopic (exact) mass is 478 g/mol. The molecule has 12 nitrogen and oxygen atoms in total. The number of hydrogen-bond acceptors (Lipinski definition) is 8. The molecule has 3 rings (SSSR count). The van der Waals surface area contributed by atoms with E-state index >= 15 is 0 Å². The van der Waals surface area contributed by atoms with Crippen LogP contribution in [0.15, 0.2) is 52.8 Å². The first-order valence-corrected chi connectivity index (χ1v) is 11.9. The second kappa shape index (κ2) is 10.9. The smallest absolute Gasteiger partial charge is 0.345 e. The fourth-order valence-electron chi connectivity index (χ4n) is 3.22. The van der Waals surface area contributed by atoms with E-state index in [1.807, 2.05) is 0 Å². The standard InChI is InChI=1S/C20H26N6O6S/c27-17(16-9-14-32-25-16)24-20(18(28)29,26-33(30,31)15-7-3-1-4-8-15)10-5-2-6-11-21-19-22-12-13-23-19/h1,3-4,7-8,12-13,26H,2,5-6,9-11,14H2,(H,24,27)(H,28,29)(H2,21,22,23). The molecule has 1 aromatic carbocycles. The molecule has 1 atom stereocenters. The molecule has 0 saturated heterocycles. The van der Waals surface area contributed by atoms with Gasteiger partial charge in [-0.05, 0) is 31.4 Å². The number of unbranched alkanes of at least 4 members (excludes halogenated alkanes) is 2. The van der Waals surface area contributed by atoms with Crippen molar-refractivity contribution in [3.63, 3.8) is 0 Å². The molecule has 0 fully saturated rings. The molecule has 178 valence electrons. The van der Waals surface area contributed by atoms with Gasteiger partial charge in [-0.2, -0.15) is 4.72 Å². The number of anilines is 1. The van der Waals surface area contributed by atoms with Crippen molar-refractivity contribution >= 4 is 33.6 Å². The summed E-state index contributed by atoms with van der Waals surface area (Å²) in [6, 6.07) is 7.36. The van der Waals surface area contributed by atoms with Crippen molar-refractivity contribution in [3.05, 3.63) is 42.7 Å². The van der Waals surface area contributed by atoms with Crippen molar-refractivity contribution in [3.8, 4) is 0 Å². The van der Waals surface area contributed by atoms with E-state index in [0.29, 0.717) is 31.8 Å². The topological polar surface area (TPSA) is 175 Å². The molecular formula is C20H26N6O6S. The van der Waals surface area contributed by atoms with E-state index in [0.717, 1.165) is 0 Å². The molecule has 0 bridgehead atoms. The van der Waals surface area contributed by atoms with Gasteiger partial charge < -0.3 is 25.6 Å². The number of H-pyrrole nitrogens is 1. The highest BCUT2D eigenvalue weighted by molar-refractivity contribution is 7.89. The average molecular weight is 479 g/mol. The number of aromatic nitrogens is 2. The maximum Gasteiger partial charge on any atom is 0.345 e. The van der Waals surface area contributed by atoms with Crippen LogP contribution in [0.5, 0.6) is 0 Å². The Balaban J connectivity index is 1.71. The lowest BCUT2D eigenvalue weighted by Gasteiger charge is -2.31. The van der Waals surface area contributed by atoms with Crippen LogP contribution in [0, 0.1) is 0 Å². The predicted octanol–water partition coefficient (Wildman–Crippen LogP) is 1.03. The van der Waals surface area contributed by atoms with Gasteiger partial charge in [0, 0.05) is 25.4 Å². The maximum absolute atomic E-state index is 12.9. The Morgan fingerprint density at radius 1 is 1.18 bits per heavy atom. The third-order valence-corrected chi connectivity index (χ3v) is 6.45. The van der Waals surface area contributed by atoms with Crippen LogP contribution in [-0.4, -0.2) is 59.9 Å². The van der Waals surface area contributed by atoms with Crippen LogP contribution < -0.4 is 15.4 Å². The Bertz CT molecular complexity index is 1070. The number of carbonyl (C=O) groups is 2. The van der Waals surface area contributed by atoms with Gasteiger partial charge >= 0.3 is 5.97 Å². The molecular weight excluding hydrogens is 452 g/mol. The third-order valence-electron chi connectivity index (χ3n) is 4.94. The van der Waals surface area contributed by atoms with Crippen LogP contribution in [0.4, 0.5) is 5.95 Å². The summed E-state index contributed by atoms with van der Waals surface area (Å²) in [5.74, 6) is -1.70.